The van der Waals surface area contributed by atoms with Crippen LogP contribution in [0.15, 0.2) is 24.3 Å². The van der Waals surface area contributed by atoms with E-state index >= 15 is 0 Å². The van der Waals surface area contributed by atoms with E-state index in [4.69, 9.17) is 0 Å². The van der Waals surface area contributed by atoms with E-state index in [1.807, 2.05) is 6.07 Å². The van der Waals surface area contributed by atoms with Gasteiger partial charge in [0.1, 0.15) is 0 Å². The molecule has 24 heavy (non-hydrogen) atoms. The Labute approximate surface area is 143 Å². The fourth-order valence-electron chi connectivity index (χ4n) is 3.43. The van der Waals surface area contributed by atoms with Crippen LogP contribution >= 0.6 is 0 Å². The summed E-state index contributed by atoms with van der Waals surface area (Å²) in [6.45, 7) is 1.20. The molecule has 5 nitrogen and oxygen atoms in total. The van der Waals surface area contributed by atoms with E-state index in [9.17, 15) is 9.59 Å². The van der Waals surface area contributed by atoms with Gasteiger partial charge in [-0.1, -0.05) is 30.7 Å². The van der Waals surface area contributed by atoms with Crippen LogP contribution in [-0.2, 0) is 11.2 Å². The van der Waals surface area contributed by atoms with E-state index in [0.29, 0.717) is 13.1 Å². The predicted octanol–water partition coefficient (Wildman–Crippen LogP) is 2.67. The molecule has 1 aromatic rings. The van der Waals surface area contributed by atoms with Gasteiger partial charge in [-0.05, 0) is 49.7 Å². The number of amides is 3. The van der Waals surface area contributed by atoms with Gasteiger partial charge >= 0.3 is 6.03 Å². The van der Waals surface area contributed by atoms with Gasteiger partial charge in [0.15, 0.2) is 0 Å². The second-order valence-electron chi connectivity index (χ2n) is 6.82. The minimum absolute atomic E-state index is 0.105. The minimum Gasteiger partial charge on any atom is -0.356 e. The van der Waals surface area contributed by atoms with Crippen LogP contribution in [0.2, 0.25) is 0 Å². The van der Waals surface area contributed by atoms with Crippen molar-refractivity contribution in [2.24, 2.45) is 5.92 Å². The van der Waals surface area contributed by atoms with Crippen LogP contribution in [-0.4, -0.2) is 25.0 Å². The average Bonchev–Trinajstić information content (AvgIpc) is 2.53. The zero-order chi connectivity index (χ0) is 16.8. The smallest absolute Gasteiger partial charge is 0.315 e. The molecule has 3 rings (SSSR count). The van der Waals surface area contributed by atoms with Gasteiger partial charge in [0.25, 0.3) is 0 Å². The first kappa shape index (κ1) is 16.8. The molecule has 2 aliphatic carbocycles. The highest BCUT2D eigenvalue weighted by Gasteiger charge is 2.24. The Kier molecular flexibility index (Phi) is 5.72. The normalized spacial score (nSPS) is 19.8. The molecule has 0 heterocycles. The van der Waals surface area contributed by atoms with Crippen molar-refractivity contribution in [3.63, 3.8) is 0 Å². The zero-order valence-corrected chi connectivity index (χ0v) is 14.1. The van der Waals surface area contributed by atoms with E-state index in [-0.39, 0.29) is 23.9 Å². The molecule has 2 aliphatic rings. The number of hydrogen-bond donors (Lipinski definition) is 3. The van der Waals surface area contributed by atoms with Crippen LogP contribution in [0.25, 0.3) is 0 Å². The standard InChI is InChI=1S/C19H27N3O2/c23-18(15-8-3-9-15)20-12-5-13-21-19(24)22-17-11-4-7-14-6-1-2-10-16(14)17/h1-2,6,10,15,17H,3-5,7-9,11-13H2,(H,20,23)(H2,21,22,24). The van der Waals surface area contributed by atoms with Gasteiger partial charge in [-0.15, -0.1) is 0 Å². The third kappa shape index (κ3) is 4.28. The summed E-state index contributed by atoms with van der Waals surface area (Å²) in [6.07, 6.45) is 7.16. The SMILES string of the molecule is O=C(NCCCNC(=O)C1CCC1)NC1CCCc2ccccc21. The zero-order valence-electron chi connectivity index (χ0n) is 14.1. The number of nitrogens with one attached hydrogen (secondary N) is 3. The van der Waals surface area contributed by atoms with Gasteiger partial charge < -0.3 is 16.0 Å². The molecule has 1 aromatic carbocycles. The van der Waals surface area contributed by atoms with Crippen molar-refractivity contribution < 1.29 is 9.59 Å². The number of carbonyl (C=O) groups is 2. The van der Waals surface area contributed by atoms with Crippen LogP contribution in [0.1, 0.15) is 55.7 Å². The summed E-state index contributed by atoms with van der Waals surface area (Å²) in [4.78, 5) is 23.8. The quantitative estimate of drug-likeness (QED) is 0.702. The molecule has 0 aliphatic heterocycles. The van der Waals surface area contributed by atoms with E-state index in [0.717, 1.165) is 38.5 Å². The molecule has 1 fully saturated rings. The average molecular weight is 329 g/mol. The van der Waals surface area contributed by atoms with Gasteiger partial charge in [0.2, 0.25) is 5.91 Å². The summed E-state index contributed by atoms with van der Waals surface area (Å²) < 4.78 is 0. The first-order valence-corrected chi connectivity index (χ1v) is 9.14. The number of hydrogen-bond acceptors (Lipinski definition) is 2. The fourth-order valence-corrected chi connectivity index (χ4v) is 3.43. The third-order valence-electron chi connectivity index (χ3n) is 5.09. The molecule has 3 N–H and O–H groups in total. The van der Waals surface area contributed by atoms with Crippen molar-refractivity contribution in [1.82, 2.24) is 16.0 Å². The number of benzene rings is 1. The lowest BCUT2D eigenvalue weighted by atomic mass is 9.85. The van der Waals surface area contributed by atoms with Gasteiger partial charge in [-0.3, -0.25) is 4.79 Å². The van der Waals surface area contributed by atoms with Crippen LogP contribution in [0.5, 0.6) is 0 Å². The maximum atomic E-state index is 12.1. The molecule has 0 radical (unpaired) electrons. The number of rotatable bonds is 6. The lowest BCUT2D eigenvalue weighted by molar-refractivity contribution is -0.127. The second-order valence-corrected chi connectivity index (χ2v) is 6.82. The first-order chi connectivity index (χ1) is 11.7. The summed E-state index contributed by atoms with van der Waals surface area (Å²) in [5.41, 5.74) is 2.58. The van der Waals surface area contributed by atoms with Crippen molar-refractivity contribution in [3.8, 4) is 0 Å². The van der Waals surface area contributed by atoms with Crippen molar-refractivity contribution in [2.75, 3.05) is 13.1 Å². The molecule has 0 bridgehead atoms. The largest absolute Gasteiger partial charge is 0.356 e. The highest BCUT2D eigenvalue weighted by Crippen LogP contribution is 2.29. The maximum absolute atomic E-state index is 12.1. The third-order valence-corrected chi connectivity index (χ3v) is 5.09. The summed E-state index contributed by atoms with van der Waals surface area (Å²) in [5, 5.41) is 8.91. The molecule has 0 aromatic heterocycles. The summed E-state index contributed by atoms with van der Waals surface area (Å²) in [5.74, 6) is 0.400. The Bertz CT molecular complexity index is 584. The topological polar surface area (TPSA) is 70.2 Å². The molecule has 0 spiro atoms. The van der Waals surface area contributed by atoms with Crippen LogP contribution < -0.4 is 16.0 Å². The van der Waals surface area contributed by atoms with Gasteiger partial charge in [-0.2, -0.15) is 0 Å². The Hall–Kier alpha value is -2.04. The van der Waals surface area contributed by atoms with E-state index < -0.39 is 0 Å². The molecular formula is C19H27N3O2. The first-order valence-electron chi connectivity index (χ1n) is 9.14. The Morgan fingerprint density at radius 2 is 1.79 bits per heavy atom. The summed E-state index contributed by atoms with van der Waals surface area (Å²) >= 11 is 0. The van der Waals surface area contributed by atoms with Crippen molar-refractivity contribution in [2.45, 2.75) is 51.0 Å². The lowest BCUT2D eigenvalue weighted by Crippen LogP contribution is -2.40. The Morgan fingerprint density at radius 3 is 2.58 bits per heavy atom. The molecular weight excluding hydrogens is 302 g/mol. The summed E-state index contributed by atoms with van der Waals surface area (Å²) in [6, 6.07) is 8.32. The van der Waals surface area contributed by atoms with Crippen LogP contribution in [0.3, 0.4) is 0 Å². The molecule has 1 saturated carbocycles. The van der Waals surface area contributed by atoms with Gasteiger partial charge in [-0.25, -0.2) is 4.79 Å². The van der Waals surface area contributed by atoms with Gasteiger partial charge in [0, 0.05) is 19.0 Å². The van der Waals surface area contributed by atoms with Crippen LogP contribution in [0.4, 0.5) is 4.79 Å². The predicted molar refractivity (Wildman–Crippen MR) is 93.6 cm³/mol. The fraction of sp³-hybridized carbons (Fsp3) is 0.579. The maximum Gasteiger partial charge on any atom is 0.315 e. The van der Waals surface area contributed by atoms with Crippen molar-refractivity contribution in [3.05, 3.63) is 35.4 Å². The highest BCUT2D eigenvalue weighted by atomic mass is 16.2. The number of fused-ring (bicyclic) bond motifs is 1. The highest BCUT2D eigenvalue weighted by molar-refractivity contribution is 5.79. The Morgan fingerprint density at radius 1 is 1.00 bits per heavy atom. The molecule has 130 valence electrons. The molecule has 3 amide bonds. The molecule has 1 unspecified atom stereocenters. The van der Waals surface area contributed by atoms with Crippen LogP contribution in [0, 0.1) is 5.92 Å². The summed E-state index contributed by atoms with van der Waals surface area (Å²) in [7, 11) is 0. The number of aryl methyl sites for hydroxylation is 1. The molecule has 5 heteroatoms. The second kappa shape index (κ2) is 8.18. The van der Waals surface area contributed by atoms with E-state index in [2.05, 4.69) is 34.1 Å². The Balaban J connectivity index is 1.34. The van der Waals surface area contributed by atoms with Crippen molar-refractivity contribution >= 4 is 11.9 Å². The van der Waals surface area contributed by atoms with E-state index in [1.54, 1.807) is 0 Å². The lowest BCUT2D eigenvalue weighted by Gasteiger charge is -2.26. The molecule has 0 saturated heterocycles. The number of carbonyl (C=O) groups excluding carboxylic acids is 2. The minimum atomic E-state index is -0.123. The van der Waals surface area contributed by atoms with Crippen molar-refractivity contribution in [1.29, 1.82) is 0 Å². The molecule has 1 atom stereocenters. The van der Waals surface area contributed by atoms with E-state index in [1.165, 1.54) is 17.5 Å². The number of urea groups is 1. The monoisotopic (exact) mass is 329 g/mol. The van der Waals surface area contributed by atoms with Gasteiger partial charge in [0.05, 0.1) is 6.04 Å².